The first-order chi connectivity index (χ1) is 10.7. The van der Waals surface area contributed by atoms with Crippen molar-refractivity contribution in [3.8, 4) is 10.6 Å². The van der Waals surface area contributed by atoms with E-state index in [0.29, 0.717) is 10.7 Å². The smallest absolute Gasteiger partial charge is 0.210 e. The van der Waals surface area contributed by atoms with E-state index in [1.165, 1.54) is 11.3 Å². The predicted octanol–water partition coefficient (Wildman–Crippen LogP) is 1.64. The van der Waals surface area contributed by atoms with Crippen molar-refractivity contribution in [1.29, 1.82) is 0 Å². The number of aromatic nitrogens is 3. The average Bonchev–Trinajstić information content (AvgIpc) is 2.98. The van der Waals surface area contributed by atoms with Gasteiger partial charge in [0.25, 0.3) is 0 Å². The van der Waals surface area contributed by atoms with Gasteiger partial charge in [-0.3, -0.25) is 4.98 Å². The summed E-state index contributed by atoms with van der Waals surface area (Å²) in [6.07, 6.45) is 3.32. The Morgan fingerprint density at radius 1 is 1.09 bits per heavy atom. The molecule has 2 heterocycles. The van der Waals surface area contributed by atoms with Crippen LogP contribution in [0.25, 0.3) is 10.6 Å². The molecule has 1 aromatic carbocycles. The molecular weight excluding hydrogens is 300 g/mol. The highest BCUT2D eigenvalue weighted by molar-refractivity contribution is 7.18. The zero-order chi connectivity index (χ0) is 15.4. The van der Waals surface area contributed by atoms with Gasteiger partial charge in [0, 0.05) is 36.0 Å². The number of hydrogen-bond acceptors (Lipinski definition) is 7. The molecule has 0 bridgehead atoms. The first kappa shape index (κ1) is 14.2. The van der Waals surface area contributed by atoms with Crippen LogP contribution in [-0.2, 0) is 11.2 Å². The molecule has 6 nitrogen and oxygen atoms in total. The van der Waals surface area contributed by atoms with Crippen LogP contribution in [0.15, 0.2) is 48.8 Å². The fourth-order valence-corrected chi connectivity index (χ4v) is 2.65. The second-order valence-electron chi connectivity index (χ2n) is 4.52. The number of benzene rings is 1. The van der Waals surface area contributed by atoms with Crippen LogP contribution in [0.1, 0.15) is 5.56 Å². The van der Waals surface area contributed by atoms with Crippen molar-refractivity contribution in [2.24, 2.45) is 0 Å². The molecule has 22 heavy (non-hydrogen) atoms. The van der Waals surface area contributed by atoms with Gasteiger partial charge in [0.2, 0.25) is 5.13 Å². The minimum atomic E-state index is -1.09. The van der Waals surface area contributed by atoms with Crippen LogP contribution < -0.4 is 10.4 Å². The molecule has 2 aromatic heterocycles. The molecule has 7 heteroatoms. The molecular formula is C15H11N4O2S-. The zero-order valence-electron chi connectivity index (χ0n) is 11.4. The van der Waals surface area contributed by atoms with Gasteiger partial charge in [-0.05, 0) is 29.8 Å². The van der Waals surface area contributed by atoms with Gasteiger partial charge in [-0.1, -0.05) is 23.5 Å². The van der Waals surface area contributed by atoms with Gasteiger partial charge in [0.15, 0.2) is 0 Å². The fraction of sp³-hybridized carbons (Fsp3) is 0.0667. The number of carbonyl (C=O) groups is 1. The molecule has 0 amide bonds. The molecule has 3 rings (SSSR count). The first-order valence-electron chi connectivity index (χ1n) is 6.50. The number of rotatable bonds is 5. The highest BCUT2D eigenvalue weighted by Crippen LogP contribution is 2.27. The van der Waals surface area contributed by atoms with E-state index in [0.717, 1.165) is 16.3 Å². The van der Waals surface area contributed by atoms with Gasteiger partial charge in [-0.15, -0.1) is 10.2 Å². The highest BCUT2D eigenvalue weighted by atomic mass is 32.1. The molecule has 0 aliphatic rings. The van der Waals surface area contributed by atoms with Crippen LogP contribution in [0, 0.1) is 0 Å². The lowest BCUT2D eigenvalue weighted by Gasteiger charge is -2.05. The molecule has 0 unspecified atom stereocenters. The summed E-state index contributed by atoms with van der Waals surface area (Å²) >= 11 is 1.43. The van der Waals surface area contributed by atoms with Gasteiger partial charge in [-0.25, -0.2) is 0 Å². The van der Waals surface area contributed by atoms with Gasteiger partial charge >= 0.3 is 0 Å². The second kappa shape index (κ2) is 6.31. The maximum absolute atomic E-state index is 10.5. The van der Waals surface area contributed by atoms with E-state index in [9.17, 15) is 9.90 Å². The third-order valence-corrected chi connectivity index (χ3v) is 3.79. The van der Waals surface area contributed by atoms with Crippen molar-refractivity contribution in [1.82, 2.24) is 15.2 Å². The second-order valence-corrected chi connectivity index (χ2v) is 5.50. The summed E-state index contributed by atoms with van der Waals surface area (Å²) in [5, 5.41) is 23.4. The lowest BCUT2D eigenvalue weighted by Crippen LogP contribution is -2.24. The number of anilines is 2. The molecule has 0 radical (unpaired) electrons. The molecule has 0 saturated heterocycles. The van der Waals surface area contributed by atoms with E-state index in [1.54, 1.807) is 36.7 Å². The molecule has 1 N–H and O–H groups in total. The van der Waals surface area contributed by atoms with Crippen molar-refractivity contribution < 1.29 is 9.90 Å². The van der Waals surface area contributed by atoms with Crippen molar-refractivity contribution in [2.45, 2.75) is 6.42 Å². The Morgan fingerprint density at radius 2 is 1.82 bits per heavy atom. The van der Waals surface area contributed by atoms with E-state index in [-0.39, 0.29) is 6.42 Å². The van der Waals surface area contributed by atoms with E-state index in [1.807, 2.05) is 12.1 Å². The standard InChI is InChI=1S/C15H12N4O2S/c20-13(21)9-10-1-3-12(4-2-10)17-15-19-18-14(22-15)11-5-7-16-8-6-11/h1-8H,9H2,(H,17,19)(H,20,21)/p-1. The van der Waals surface area contributed by atoms with Gasteiger partial charge in [0.05, 0.1) is 0 Å². The Kier molecular flexibility index (Phi) is 4.06. The zero-order valence-corrected chi connectivity index (χ0v) is 12.2. The third-order valence-electron chi connectivity index (χ3n) is 2.91. The van der Waals surface area contributed by atoms with Crippen LogP contribution in [0.3, 0.4) is 0 Å². The third kappa shape index (κ3) is 3.44. The number of nitrogens with one attached hydrogen (secondary N) is 1. The number of pyridine rings is 1. The van der Waals surface area contributed by atoms with Gasteiger partial charge < -0.3 is 15.2 Å². The van der Waals surface area contributed by atoms with Gasteiger partial charge in [0.1, 0.15) is 5.01 Å². The Balaban J connectivity index is 1.71. The largest absolute Gasteiger partial charge is 0.550 e. The summed E-state index contributed by atoms with van der Waals surface area (Å²) in [4.78, 5) is 14.5. The summed E-state index contributed by atoms with van der Waals surface area (Å²) in [5.74, 6) is -1.09. The normalized spacial score (nSPS) is 10.4. The fourth-order valence-electron chi connectivity index (χ4n) is 1.88. The number of carboxylic acids is 1. The number of hydrogen-bond donors (Lipinski definition) is 1. The topological polar surface area (TPSA) is 90.8 Å². The number of carbonyl (C=O) groups excluding carboxylic acids is 1. The summed E-state index contributed by atoms with van der Waals surface area (Å²) in [6, 6.07) is 10.8. The Labute approximate surface area is 130 Å². The molecule has 0 saturated carbocycles. The van der Waals surface area contributed by atoms with Crippen LogP contribution in [0.2, 0.25) is 0 Å². The van der Waals surface area contributed by atoms with E-state index in [2.05, 4.69) is 20.5 Å². The molecule has 110 valence electrons. The lowest BCUT2D eigenvalue weighted by atomic mass is 10.1. The monoisotopic (exact) mass is 311 g/mol. The maximum Gasteiger partial charge on any atom is 0.210 e. The van der Waals surface area contributed by atoms with E-state index >= 15 is 0 Å². The van der Waals surface area contributed by atoms with Crippen molar-refractivity contribution in [2.75, 3.05) is 5.32 Å². The SMILES string of the molecule is O=C([O-])Cc1ccc(Nc2nnc(-c3ccncc3)s2)cc1. The molecule has 0 atom stereocenters. The Morgan fingerprint density at radius 3 is 2.50 bits per heavy atom. The minimum Gasteiger partial charge on any atom is -0.550 e. The van der Waals surface area contributed by atoms with Crippen molar-refractivity contribution in [3.63, 3.8) is 0 Å². The number of nitrogens with zero attached hydrogens (tertiary/aromatic N) is 3. The summed E-state index contributed by atoms with van der Waals surface area (Å²) in [5.41, 5.74) is 2.48. The summed E-state index contributed by atoms with van der Waals surface area (Å²) in [6.45, 7) is 0. The predicted molar refractivity (Wildman–Crippen MR) is 81.6 cm³/mol. The van der Waals surface area contributed by atoms with E-state index in [4.69, 9.17) is 0 Å². The molecule has 0 aliphatic carbocycles. The minimum absolute atomic E-state index is 0.0920. The van der Waals surface area contributed by atoms with Crippen molar-refractivity contribution in [3.05, 3.63) is 54.4 Å². The molecule has 3 aromatic rings. The summed E-state index contributed by atoms with van der Waals surface area (Å²) in [7, 11) is 0. The Bertz CT molecular complexity index is 772. The van der Waals surface area contributed by atoms with Crippen LogP contribution in [0.5, 0.6) is 0 Å². The van der Waals surface area contributed by atoms with Crippen LogP contribution >= 0.6 is 11.3 Å². The molecule has 0 spiro atoms. The maximum atomic E-state index is 10.5. The first-order valence-corrected chi connectivity index (χ1v) is 7.32. The van der Waals surface area contributed by atoms with Crippen LogP contribution in [0.4, 0.5) is 10.8 Å². The number of carboxylic acid groups (broad SMARTS) is 1. The highest BCUT2D eigenvalue weighted by Gasteiger charge is 2.06. The van der Waals surface area contributed by atoms with Crippen LogP contribution in [-0.4, -0.2) is 21.2 Å². The van der Waals surface area contributed by atoms with Gasteiger partial charge in [-0.2, -0.15) is 0 Å². The number of aliphatic carboxylic acids is 1. The quantitative estimate of drug-likeness (QED) is 0.770. The lowest BCUT2D eigenvalue weighted by molar-refractivity contribution is -0.304. The Hall–Kier alpha value is -2.80. The average molecular weight is 311 g/mol. The van der Waals surface area contributed by atoms with Crippen molar-refractivity contribution >= 4 is 28.1 Å². The molecule has 0 fully saturated rings. The van der Waals surface area contributed by atoms with E-state index < -0.39 is 5.97 Å². The molecule has 0 aliphatic heterocycles. The summed E-state index contributed by atoms with van der Waals surface area (Å²) < 4.78 is 0.